The zero-order valence-corrected chi connectivity index (χ0v) is 9.14. The van der Waals surface area contributed by atoms with Gasteiger partial charge in [0.05, 0.1) is 4.88 Å². The van der Waals surface area contributed by atoms with Crippen molar-refractivity contribution in [3.63, 3.8) is 0 Å². The van der Waals surface area contributed by atoms with Gasteiger partial charge in [-0.2, -0.15) is 0 Å². The van der Waals surface area contributed by atoms with Crippen LogP contribution in [-0.2, 0) is 0 Å². The van der Waals surface area contributed by atoms with Gasteiger partial charge in [-0.25, -0.2) is 0 Å². The molecule has 3 heteroatoms. The number of rotatable bonds is 2. The lowest BCUT2D eigenvalue weighted by Gasteiger charge is -2.26. The second-order valence-electron chi connectivity index (χ2n) is 3.94. The summed E-state index contributed by atoms with van der Waals surface area (Å²) in [4.78, 5) is 12.7. The van der Waals surface area contributed by atoms with Crippen LogP contribution in [0.4, 0.5) is 0 Å². The van der Waals surface area contributed by atoms with E-state index >= 15 is 0 Å². The highest BCUT2D eigenvalue weighted by Gasteiger charge is 2.20. The lowest BCUT2D eigenvalue weighted by Crippen LogP contribution is -2.35. The minimum atomic E-state index is 0.616. The van der Waals surface area contributed by atoms with Gasteiger partial charge in [0.1, 0.15) is 0 Å². The van der Waals surface area contributed by atoms with Crippen LogP contribution in [0.25, 0.3) is 0 Å². The number of nitrogens with one attached hydrogen (secondary N) is 1. The average Bonchev–Trinajstić information content (AvgIpc) is 2.67. The molecule has 1 aliphatic heterocycles. The Labute approximate surface area is 88.3 Å². The van der Waals surface area contributed by atoms with Crippen molar-refractivity contribution in [2.45, 2.75) is 31.7 Å². The first-order valence-electron chi connectivity index (χ1n) is 5.08. The molecular weight excluding hydrogens is 194 g/mol. The lowest BCUT2D eigenvalue weighted by molar-refractivity contribution is 0.112. The fourth-order valence-electron chi connectivity index (χ4n) is 1.89. The fraction of sp³-hybridized carbons (Fsp3) is 0.545. The van der Waals surface area contributed by atoms with E-state index in [1.807, 2.05) is 6.07 Å². The molecule has 1 fully saturated rings. The topological polar surface area (TPSA) is 29.1 Å². The van der Waals surface area contributed by atoms with Gasteiger partial charge in [-0.05, 0) is 31.9 Å². The number of hydrogen-bond acceptors (Lipinski definition) is 3. The van der Waals surface area contributed by atoms with E-state index in [2.05, 4.69) is 18.3 Å². The summed E-state index contributed by atoms with van der Waals surface area (Å²) >= 11 is 1.63. The predicted octanol–water partition coefficient (Wildman–Crippen LogP) is 2.42. The van der Waals surface area contributed by atoms with Gasteiger partial charge in [0.25, 0.3) is 0 Å². The van der Waals surface area contributed by atoms with E-state index in [0.29, 0.717) is 12.0 Å². The van der Waals surface area contributed by atoms with E-state index in [9.17, 15) is 4.79 Å². The first-order valence-corrected chi connectivity index (χ1v) is 5.89. The number of carbonyl (C=O) groups is 1. The monoisotopic (exact) mass is 209 g/mol. The summed E-state index contributed by atoms with van der Waals surface area (Å²) in [6, 6.07) is 4.67. The summed E-state index contributed by atoms with van der Waals surface area (Å²) in [6.07, 6.45) is 3.42. The zero-order valence-electron chi connectivity index (χ0n) is 8.32. The molecule has 14 heavy (non-hydrogen) atoms. The van der Waals surface area contributed by atoms with Gasteiger partial charge in [0.15, 0.2) is 6.29 Å². The van der Waals surface area contributed by atoms with Crippen LogP contribution in [0.2, 0.25) is 0 Å². The maximum Gasteiger partial charge on any atom is 0.160 e. The van der Waals surface area contributed by atoms with Gasteiger partial charge in [-0.3, -0.25) is 4.79 Å². The van der Waals surface area contributed by atoms with Gasteiger partial charge in [-0.1, -0.05) is 0 Å². The maximum atomic E-state index is 10.5. The molecule has 0 saturated carbocycles. The van der Waals surface area contributed by atoms with Gasteiger partial charge in [0.2, 0.25) is 0 Å². The number of thiophene rings is 1. The SMILES string of the molecule is CC1CCC(c2ccc(C=O)s2)CN1. The highest BCUT2D eigenvalue weighted by atomic mass is 32.1. The first-order chi connectivity index (χ1) is 6.79. The first kappa shape index (κ1) is 9.87. The third kappa shape index (κ3) is 2.04. The van der Waals surface area contributed by atoms with E-state index in [0.717, 1.165) is 17.7 Å². The van der Waals surface area contributed by atoms with E-state index in [-0.39, 0.29) is 0 Å². The highest BCUT2D eigenvalue weighted by molar-refractivity contribution is 7.13. The molecule has 1 aromatic rings. The lowest BCUT2D eigenvalue weighted by atomic mass is 9.94. The Bertz CT molecular complexity index is 313. The molecule has 1 saturated heterocycles. The molecule has 1 aliphatic rings. The molecule has 2 heterocycles. The molecule has 1 aromatic heterocycles. The second-order valence-corrected chi connectivity index (χ2v) is 5.09. The van der Waals surface area contributed by atoms with Crippen molar-refractivity contribution in [3.05, 3.63) is 21.9 Å². The number of hydrogen-bond donors (Lipinski definition) is 1. The molecule has 1 N–H and O–H groups in total. The molecule has 2 rings (SSSR count). The molecule has 76 valence electrons. The van der Waals surface area contributed by atoms with Crippen molar-refractivity contribution in [1.82, 2.24) is 5.32 Å². The van der Waals surface area contributed by atoms with Crippen LogP contribution in [0.3, 0.4) is 0 Å². The number of piperidine rings is 1. The number of carbonyl (C=O) groups excluding carboxylic acids is 1. The molecule has 0 amide bonds. The molecule has 2 unspecified atom stereocenters. The van der Waals surface area contributed by atoms with Crippen LogP contribution in [0.1, 0.15) is 40.2 Å². The summed E-state index contributed by atoms with van der Waals surface area (Å²) in [6.45, 7) is 3.28. The third-order valence-corrected chi connectivity index (χ3v) is 4.00. The van der Waals surface area contributed by atoms with E-state index in [1.54, 1.807) is 11.3 Å². The smallest absolute Gasteiger partial charge is 0.160 e. The Balaban J connectivity index is 2.04. The average molecular weight is 209 g/mol. The maximum absolute atomic E-state index is 10.5. The summed E-state index contributed by atoms with van der Waals surface area (Å²) in [5, 5.41) is 3.48. The molecule has 0 spiro atoms. The molecule has 0 bridgehead atoms. The quantitative estimate of drug-likeness (QED) is 0.758. The van der Waals surface area contributed by atoms with Crippen LogP contribution in [-0.4, -0.2) is 18.9 Å². The van der Waals surface area contributed by atoms with Crippen LogP contribution in [0, 0.1) is 0 Å². The molecule has 0 radical (unpaired) electrons. The van der Waals surface area contributed by atoms with Crippen LogP contribution in [0.15, 0.2) is 12.1 Å². The predicted molar refractivity (Wildman–Crippen MR) is 59.1 cm³/mol. The summed E-state index contributed by atoms with van der Waals surface area (Å²) < 4.78 is 0. The van der Waals surface area contributed by atoms with Crippen molar-refractivity contribution in [1.29, 1.82) is 0 Å². The number of aldehydes is 1. The van der Waals surface area contributed by atoms with Crippen LogP contribution in [0.5, 0.6) is 0 Å². The molecular formula is C11H15NOS. The van der Waals surface area contributed by atoms with Gasteiger partial charge < -0.3 is 5.32 Å². The van der Waals surface area contributed by atoms with E-state index < -0.39 is 0 Å². The van der Waals surface area contributed by atoms with Crippen molar-refractivity contribution in [2.24, 2.45) is 0 Å². The van der Waals surface area contributed by atoms with Gasteiger partial charge >= 0.3 is 0 Å². The summed E-state index contributed by atoms with van der Waals surface area (Å²) in [5.41, 5.74) is 0. The Morgan fingerprint density at radius 1 is 1.50 bits per heavy atom. The Morgan fingerprint density at radius 2 is 2.36 bits per heavy atom. The normalized spacial score (nSPS) is 27.5. The standard InChI is InChI=1S/C11H15NOS/c1-8-2-3-9(6-12-8)11-5-4-10(7-13)14-11/h4-5,7-9,12H,2-3,6H2,1H3. The minimum absolute atomic E-state index is 0.616. The van der Waals surface area contributed by atoms with E-state index in [1.165, 1.54) is 17.7 Å². The largest absolute Gasteiger partial charge is 0.314 e. The van der Waals surface area contributed by atoms with Crippen molar-refractivity contribution >= 4 is 17.6 Å². The van der Waals surface area contributed by atoms with Crippen LogP contribution >= 0.6 is 11.3 Å². The fourth-order valence-corrected chi connectivity index (χ4v) is 2.85. The van der Waals surface area contributed by atoms with E-state index in [4.69, 9.17) is 0 Å². The summed E-state index contributed by atoms with van der Waals surface area (Å²) in [5.74, 6) is 0.616. The van der Waals surface area contributed by atoms with Crippen molar-refractivity contribution < 1.29 is 4.79 Å². The molecule has 0 aromatic carbocycles. The zero-order chi connectivity index (χ0) is 9.97. The molecule has 2 atom stereocenters. The van der Waals surface area contributed by atoms with Gasteiger partial charge in [-0.15, -0.1) is 11.3 Å². The molecule has 2 nitrogen and oxygen atoms in total. The highest BCUT2D eigenvalue weighted by Crippen LogP contribution is 2.30. The summed E-state index contributed by atoms with van der Waals surface area (Å²) in [7, 11) is 0. The Hall–Kier alpha value is -0.670. The van der Waals surface area contributed by atoms with Crippen LogP contribution < -0.4 is 5.32 Å². The van der Waals surface area contributed by atoms with Gasteiger partial charge in [0, 0.05) is 23.4 Å². The Morgan fingerprint density at radius 3 is 2.93 bits per heavy atom. The third-order valence-electron chi connectivity index (χ3n) is 2.83. The second kappa shape index (κ2) is 4.24. The molecule has 0 aliphatic carbocycles. The van der Waals surface area contributed by atoms with Crippen molar-refractivity contribution in [2.75, 3.05) is 6.54 Å². The van der Waals surface area contributed by atoms with Crippen molar-refractivity contribution in [3.8, 4) is 0 Å². The minimum Gasteiger partial charge on any atom is -0.314 e. The Kier molecular flexibility index (Phi) is 2.99.